The van der Waals surface area contributed by atoms with Crippen molar-refractivity contribution in [3.63, 3.8) is 0 Å². The van der Waals surface area contributed by atoms with Crippen molar-refractivity contribution in [2.45, 2.75) is 57.9 Å². The van der Waals surface area contributed by atoms with E-state index in [1.165, 1.54) is 11.1 Å². The van der Waals surface area contributed by atoms with Crippen molar-refractivity contribution < 1.29 is 9.90 Å². The van der Waals surface area contributed by atoms with E-state index in [0.717, 1.165) is 25.7 Å². The van der Waals surface area contributed by atoms with Gasteiger partial charge in [-0.25, -0.2) is 4.79 Å². The molecule has 1 saturated carbocycles. The van der Waals surface area contributed by atoms with E-state index in [2.05, 4.69) is 50.4 Å². The Kier molecular flexibility index (Phi) is 6.27. The largest absolute Gasteiger partial charge is 0.396 e. The minimum Gasteiger partial charge on any atom is -0.396 e. The third-order valence-corrected chi connectivity index (χ3v) is 5.42. The van der Waals surface area contributed by atoms with Crippen molar-refractivity contribution >= 4 is 6.03 Å². The molecule has 0 heterocycles. The molecule has 1 aliphatic rings. The van der Waals surface area contributed by atoms with Gasteiger partial charge >= 0.3 is 6.03 Å². The van der Waals surface area contributed by atoms with Crippen LogP contribution in [0.3, 0.4) is 0 Å². The molecular weight excluding hydrogens is 300 g/mol. The molecule has 0 spiro atoms. The summed E-state index contributed by atoms with van der Waals surface area (Å²) in [4.78, 5) is 14.4. The smallest absolute Gasteiger partial charge is 0.317 e. The first-order chi connectivity index (χ1) is 11.3. The molecule has 0 aliphatic heterocycles. The molecule has 2 amide bonds. The second-order valence-electron chi connectivity index (χ2n) is 7.88. The van der Waals surface area contributed by atoms with Gasteiger partial charge < -0.3 is 15.3 Å². The highest BCUT2D eigenvalue weighted by atomic mass is 16.3. The van der Waals surface area contributed by atoms with Gasteiger partial charge in [-0.15, -0.1) is 0 Å². The number of aryl methyl sites for hydroxylation is 1. The number of nitrogens with one attached hydrogen (secondary N) is 1. The third-order valence-electron chi connectivity index (χ3n) is 5.42. The quantitative estimate of drug-likeness (QED) is 0.867. The van der Waals surface area contributed by atoms with Gasteiger partial charge in [0.1, 0.15) is 0 Å². The van der Waals surface area contributed by atoms with Crippen molar-refractivity contribution in [2.24, 2.45) is 5.92 Å². The monoisotopic (exact) mass is 332 g/mol. The highest BCUT2D eigenvalue weighted by Gasteiger charge is 2.27. The average Bonchev–Trinajstić information content (AvgIpc) is 2.59. The lowest BCUT2D eigenvalue weighted by Crippen LogP contribution is -2.48. The lowest BCUT2D eigenvalue weighted by atomic mass is 9.84. The Hall–Kier alpha value is -1.55. The van der Waals surface area contributed by atoms with Crippen LogP contribution in [0.4, 0.5) is 4.79 Å². The lowest BCUT2D eigenvalue weighted by Gasteiger charge is -2.35. The van der Waals surface area contributed by atoms with Crippen LogP contribution >= 0.6 is 0 Å². The number of rotatable bonds is 5. The van der Waals surface area contributed by atoms with Gasteiger partial charge in [0.25, 0.3) is 0 Å². The van der Waals surface area contributed by atoms with E-state index >= 15 is 0 Å². The van der Waals surface area contributed by atoms with Crippen molar-refractivity contribution in [1.82, 2.24) is 10.2 Å². The molecule has 0 bridgehead atoms. The molecule has 0 unspecified atom stereocenters. The predicted octanol–water partition coefficient (Wildman–Crippen LogP) is 3.47. The fourth-order valence-electron chi connectivity index (χ4n) is 3.47. The second-order valence-corrected chi connectivity index (χ2v) is 7.88. The van der Waals surface area contributed by atoms with E-state index in [-0.39, 0.29) is 24.1 Å². The summed E-state index contributed by atoms with van der Waals surface area (Å²) in [5.74, 6) is 0.415. The van der Waals surface area contributed by atoms with Crippen LogP contribution in [0.15, 0.2) is 24.3 Å². The van der Waals surface area contributed by atoms with Gasteiger partial charge in [-0.3, -0.25) is 0 Å². The van der Waals surface area contributed by atoms with Crippen LogP contribution in [-0.2, 0) is 5.41 Å². The average molecular weight is 332 g/mol. The number of aliphatic hydroxyl groups excluding tert-OH is 1. The SMILES string of the molecule is Cc1cccc(C(C)(C)CNC(=O)N(C)C2CCC(CO)CC2)c1. The number of amides is 2. The number of hydrogen-bond acceptors (Lipinski definition) is 2. The number of hydrogen-bond donors (Lipinski definition) is 2. The zero-order chi connectivity index (χ0) is 17.7. The minimum absolute atomic E-state index is 0.00294. The van der Waals surface area contributed by atoms with Crippen LogP contribution in [0.25, 0.3) is 0 Å². The van der Waals surface area contributed by atoms with E-state index in [9.17, 15) is 9.90 Å². The number of carbonyl (C=O) groups is 1. The predicted molar refractivity (Wildman–Crippen MR) is 98.2 cm³/mol. The maximum Gasteiger partial charge on any atom is 0.317 e. The molecule has 1 aromatic carbocycles. The molecular formula is C20H32N2O2. The molecule has 1 aliphatic carbocycles. The standard InChI is InChI=1S/C20H32N2O2/c1-15-6-5-7-17(12-15)20(2,3)14-21-19(24)22(4)18-10-8-16(13-23)9-11-18/h5-7,12,16,18,23H,8-11,13-14H2,1-4H3,(H,21,24). The zero-order valence-corrected chi connectivity index (χ0v) is 15.5. The summed E-state index contributed by atoms with van der Waals surface area (Å²) in [6, 6.07) is 8.76. The Bertz CT molecular complexity index is 548. The summed E-state index contributed by atoms with van der Waals surface area (Å²) in [5, 5.41) is 12.3. The third kappa shape index (κ3) is 4.73. The van der Waals surface area contributed by atoms with Crippen molar-refractivity contribution in [1.29, 1.82) is 0 Å². The van der Waals surface area contributed by atoms with E-state index in [0.29, 0.717) is 12.5 Å². The fourth-order valence-corrected chi connectivity index (χ4v) is 3.47. The van der Waals surface area contributed by atoms with Crippen LogP contribution < -0.4 is 5.32 Å². The molecule has 2 N–H and O–H groups in total. The number of carbonyl (C=O) groups excluding carboxylic acids is 1. The van der Waals surface area contributed by atoms with Crippen LogP contribution in [0.2, 0.25) is 0 Å². The normalized spacial score (nSPS) is 21.4. The van der Waals surface area contributed by atoms with Crippen LogP contribution in [-0.4, -0.2) is 42.3 Å². The highest BCUT2D eigenvalue weighted by molar-refractivity contribution is 5.74. The molecule has 1 fully saturated rings. The maximum atomic E-state index is 12.5. The van der Waals surface area contributed by atoms with Gasteiger partial charge in [-0.2, -0.15) is 0 Å². The van der Waals surface area contributed by atoms with Gasteiger partial charge in [-0.1, -0.05) is 43.7 Å². The van der Waals surface area contributed by atoms with Gasteiger partial charge in [0.15, 0.2) is 0 Å². The molecule has 4 nitrogen and oxygen atoms in total. The van der Waals surface area contributed by atoms with Gasteiger partial charge in [-0.05, 0) is 44.1 Å². The number of benzene rings is 1. The molecule has 2 rings (SSSR count). The van der Waals surface area contributed by atoms with Crippen molar-refractivity contribution in [2.75, 3.05) is 20.2 Å². The topological polar surface area (TPSA) is 52.6 Å². The highest BCUT2D eigenvalue weighted by Crippen LogP contribution is 2.27. The van der Waals surface area contributed by atoms with Crippen molar-refractivity contribution in [3.8, 4) is 0 Å². The summed E-state index contributed by atoms with van der Waals surface area (Å²) in [5.41, 5.74) is 2.38. The summed E-state index contributed by atoms with van der Waals surface area (Å²) < 4.78 is 0. The number of nitrogens with zero attached hydrogens (tertiary/aromatic N) is 1. The molecule has 0 aromatic heterocycles. The summed E-state index contributed by atoms with van der Waals surface area (Å²) in [6.07, 6.45) is 3.98. The van der Waals surface area contributed by atoms with E-state index in [1.807, 2.05) is 11.9 Å². The summed E-state index contributed by atoms with van der Waals surface area (Å²) in [7, 11) is 1.89. The van der Waals surface area contributed by atoms with E-state index in [4.69, 9.17) is 0 Å². The van der Waals surface area contributed by atoms with Crippen LogP contribution in [0.5, 0.6) is 0 Å². The molecule has 0 atom stereocenters. The number of aliphatic hydroxyl groups is 1. The van der Waals surface area contributed by atoms with Gasteiger partial charge in [0.2, 0.25) is 0 Å². The van der Waals surface area contributed by atoms with E-state index < -0.39 is 0 Å². The first-order valence-electron chi connectivity index (χ1n) is 9.02. The summed E-state index contributed by atoms with van der Waals surface area (Å²) >= 11 is 0. The van der Waals surface area contributed by atoms with Gasteiger partial charge in [0.05, 0.1) is 0 Å². The first-order valence-corrected chi connectivity index (χ1v) is 9.02. The molecule has 134 valence electrons. The second kappa shape index (κ2) is 8.02. The molecule has 24 heavy (non-hydrogen) atoms. The zero-order valence-electron chi connectivity index (χ0n) is 15.5. The van der Waals surface area contributed by atoms with Crippen LogP contribution in [0.1, 0.15) is 50.7 Å². The number of urea groups is 1. The Morgan fingerprint density at radius 3 is 2.54 bits per heavy atom. The van der Waals surface area contributed by atoms with Crippen molar-refractivity contribution in [3.05, 3.63) is 35.4 Å². The van der Waals surface area contributed by atoms with Crippen LogP contribution in [0, 0.1) is 12.8 Å². The molecule has 0 saturated heterocycles. The Morgan fingerprint density at radius 2 is 1.96 bits per heavy atom. The fraction of sp³-hybridized carbons (Fsp3) is 0.650. The molecule has 1 aromatic rings. The first kappa shape index (κ1) is 18.8. The maximum absolute atomic E-state index is 12.5. The van der Waals surface area contributed by atoms with E-state index in [1.54, 1.807) is 0 Å². The lowest BCUT2D eigenvalue weighted by molar-refractivity contribution is 0.133. The Morgan fingerprint density at radius 1 is 1.29 bits per heavy atom. The van der Waals surface area contributed by atoms with Gasteiger partial charge in [0, 0.05) is 31.7 Å². The summed E-state index contributed by atoms with van der Waals surface area (Å²) in [6.45, 7) is 7.30. The Balaban J connectivity index is 1.88. The molecule has 4 heteroatoms. The molecule has 0 radical (unpaired) electrons. The Labute approximate surface area is 146 Å². The minimum atomic E-state index is -0.100.